The first kappa shape index (κ1) is 18.6. The minimum atomic E-state index is -0.515. The number of aryl methyl sites for hydroxylation is 1. The van der Waals surface area contributed by atoms with Crippen LogP contribution in [0.15, 0.2) is 58.2 Å². The monoisotopic (exact) mass is 384 g/mol. The Kier molecular flexibility index (Phi) is 5.82. The molecule has 3 aromatic rings. The molecule has 8 nitrogen and oxygen atoms in total. The molecule has 2 aromatic carbocycles. The van der Waals surface area contributed by atoms with Crippen molar-refractivity contribution in [1.29, 1.82) is 0 Å². The van der Waals surface area contributed by atoms with Crippen molar-refractivity contribution in [3.63, 3.8) is 0 Å². The van der Waals surface area contributed by atoms with E-state index >= 15 is 0 Å². The minimum absolute atomic E-state index is 0.0505. The van der Waals surface area contributed by atoms with Crippen molar-refractivity contribution in [2.45, 2.75) is 18.6 Å². The largest absolute Gasteiger partial charge is 0.416 e. The number of carbonyl (C=O) groups is 1. The molecule has 0 aliphatic carbocycles. The van der Waals surface area contributed by atoms with E-state index in [9.17, 15) is 14.9 Å². The highest BCUT2D eigenvalue weighted by molar-refractivity contribution is 7.99. The Balaban J connectivity index is 1.52. The third kappa shape index (κ3) is 5.38. The SMILES string of the molecule is Cc1ccc(Cc2nnc(SCC(=O)Nc3cccc([N+](=O)[O-])c3)o2)cc1. The average Bonchev–Trinajstić information content (AvgIpc) is 3.09. The standard InChI is InChI=1S/C18H16N4O4S/c1-12-5-7-13(8-6-12)9-17-20-21-18(26-17)27-11-16(23)19-14-3-2-4-15(10-14)22(24)25/h2-8,10H,9,11H2,1H3,(H,19,23). The summed E-state index contributed by atoms with van der Waals surface area (Å²) in [6, 6.07) is 13.8. The fraction of sp³-hybridized carbons (Fsp3) is 0.167. The van der Waals surface area contributed by atoms with Crippen molar-refractivity contribution in [2.24, 2.45) is 0 Å². The number of nitrogens with one attached hydrogen (secondary N) is 1. The number of anilines is 1. The number of benzene rings is 2. The normalized spacial score (nSPS) is 10.6. The van der Waals surface area contributed by atoms with Crippen molar-refractivity contribution in [3.05, 3.63) is 75.7 Å². The molecular weight excluding hydrogens is 368 g/mol. The van der Waals surface area contributed by atoms with Crippen LogP contribution in [0.2, 0.25) is 0 Å². The predicted molar refractivity (Wildman–Crippen MR) is 101 cm³/mol. The molecule has 1 heterocycles. The maximum atomic E-state index is 12.0. The molecule has 0 saturated heterocycles. The summed E-state index contributed by atoms with van der Waals surface area (Å²) >= 11 is 1.11. The van der Waals surface area contributed by atoms with Gasteiger partial charge in [0.05, 0.1) is 17.1 Å². The van der Waals surface area contributed by atoms with E-state index in [2.05, 4.69) is 15.5 Å². The van der Waals surface area contributed by atoms with E-state index in [1.807, 2.05) is 31.2 Å². The van der Waals surface area contributed by atoms with Gasteiger partial charge >= 0.3 is 0 Å². The topological polar surface area (TPSA) is 111 Å². The summed E-state index contributed by atoms with van der Waals surface area (Å²) in [5.41, 5.74) is 2.51. The van der Waals surface area contributed by atoms with Crippen LogP contribution in [0.1, 0.15) is 17.0 Å². The maximum Gasteiger partial charge on any atom is 0.277 e. The molecule has 9 heteroatoms. The van der Waals surface area contributed by atoms with Crippen molar-refractivity contribution in [1.82, 2.24) is 10.2 Å². The van der Waals surface area contributed by atoms with E-state index in [4.69, 9.17) is 4.42 Å². The molecule has 0 bridgehead atoms. The summed E-state index contributed by atoms with van der Waals surface area (Å²) in [7, 11) is 0. The summed E-state index contributed by atoms with van der Waals surface area (Å²) in [4.78, 5) is 22.3. The molecular formula is C18H16N4O4S. The molecule has 0 fully saturated rings. The quantitative estimate of drug-likeness (QED) is 0.376. The first-order chi connectivity index (χ1) is 13.0. The molecule has 27 heavy (non-hydrogen) atoms. The van der Waals surface area contributed by atoms with E-state index in [1.165, 1.54) is 23.8 Å². The zero-order valence-electron chi connectivity index (χ0n) is 14.4. The number of nitrogens with zero attached hydrogens (tertiary/aromatic N) is 3. The van der Waals surface area contributed by atoms with Crippen LogP contribution in [0, 0.1) is 17.0 Å². The van der Waals surface area contributed by atoms with Crippen LogP contribution in [0.5, 0.6) is 0 Å². The van der Waals surface area contributed by atoms with Crippen LogP contribution < -0.4 is 5.32 Å². The van der Waals surface area contributed by atoms with Gasteiger partial charge in [0, 0.05) is 17.8 Å². The van der Waals surface area contributed by atoms with Gasteiger partial charge in [0.1, 0.15) is 0 Å². The van der Waals surface area contributed by atoms with Gasteiger partial charge in [0.2, 0.25) is 11.8 Å². The molecule has 0 saturated carbocycles. The highest BCUT2D eigenvalue weighted by Crippen LogP contribution is 2.20. The molecule has 0 radical (unpaired) electrons. The minimum Gasteiger partial charge on any atom is -0.416 e. The van der Waals surface area contributed by atoms with Crippen LogP contribution in [-0.2, 0) is 11.2 Å². The molecule has 0 spiro atoms. The van der Waals surface area contributed by atoms with Crippen molar-refractivity contribution < 1.29 is 14.1 Å². The van der Waals surface area contributed by atoms with E-state index in [-0.39, 0.29) is 17.3 Å². The third-order valence-corrected chi connectivity index (χ3v) is 4.41. The summed E-state index contributed by atoms with van der Waals surface area (Å²) in [5.74, 6) is 0.203. The number of hydrogen-bond donors (Lipinski definition) is 1. The van der Waals surface area contributed by atoms with Crippen molar-refractivity contribution in [3.8, 4) is 0 Å². The lowest BCUT2D eigenvalue weighted by molar-refractivity contribution is -0.384. The number of hydrogen-bond acceptors (Lipinski definition) is 7. The van der Waals surface area contributed by atoms with E-state index < -0.39 is 4.92 Å². The number of aromatic nitrogens is 2. The summed E-state index contributed by atoms with van der Waals surface area (Å²) in [6.07, 6.45) is 0.522. The Morgan fingerprint density at radius 1 is 1.22 bits per heavy atom. The lowest BCUT2D eigenvalue weighted by Crippen LogP contribution is -2.14. The summed E-state index contributed by atoms with van der Waals surface area (Å²) < 4.78 is 5.54. The molecule has 1 amide bonds. The number of non-ortho nitro benzene ring substituents is 1. The van der Waals surface area contributed by atoms with Gasteiger partial charge in [-0.25, -0.2) is 0 Å². The fourth-order valence-electron chi connectivity index (χ4n) is 2.27. The number of amides is 1. The first-order valence-electron chi connectivity index (χ1n) is 8.04. The van der Waals surface area contributed by atoms with Crippen molar-refractivity contribution in [2.75, 3.05) is 11.1 Å². The Morgan fingerprint density at radius 3 is 2.74 bits per heavy atom. The second-order valence-electron chi connectivity index (χ2n) is 5.77. The zero-order valence-corrected chi connectivity index (χ0v) is 15.2. The Morgan fingerprint density at radius 2 is 2.00 bits per heavy atom. The van der Waals surface area contributed by atoms with Crippen molar-refractivity contribution >= 4 is 29.0 Å². The van der Waals surface area contributed by atoms with E-state index in [1.54, 1.807) is 6.07 Å². The number of carbonyl (C=O) groups excluding carboxylic acids is 1. The van der Waals surface area contributed by atoms with Gasteiger partial charge in [0.25, 0.3) is 10.9 Å². The molecule has 138 valence electrons. The van der Waals surface area contributed by atoms with E-state index in [0.29, 0.717) is 23.2 Å². The number of nitro benzene ring substituents is 1. The average molecular weight is 384 g/mol. The maximum absolute atomic E-state index is 12.0. The fourth-order valence-corrected chi connectivity index (χ4v) is 2.85. The van der Waals surface area contributed by atoms with Gasteiger partial charge in [-0.1, -0.05) is 47.7 Å². The van der Waals surface area contributed by atoms with Crippen LogP contribution in [0.25, 0.3) is 0 Å². The summed E-state index contributed by atoms with van der Waals surface area (Å²) in [6.45, 7) is 2.02. The lowest BCUT2D eigenvalue weighted by Gasteiger charge is -2.03. The number of rotatable bonds is 7. The highest BCUT2D eigenvalue weighted by atomic mass is 32.2. The van der Waals surface area contributed by atoms with Gasteiger partial charge in [-0.05, 0) is 18.6 Å². The van der Waals surface area contributed by atoms with E-state index in [0.717, 1.165) is 17.3 Å². The van der Waals surface area contributed by atoms with Crippen LogP contribution in [0.4, 0.5) is 11.4 Å². The van der Waals surface area contributed by atoms with Gasteiger partial charge in [0.15, 0.2) is 0 Å². The molecule has 1 N–H and O–H groups in total. The first-order valence-corrected chi connectivity index (χ1v) is 9.03. The predicted octanol–water partition coefficient (Wildman–Crippen LogP) is 3.61. The molecule has 0 unspecified atom stereocenters. The zero-order chi connectivity index (χ0) is 19.2. The number of nitro groups is 1. The second-order valence-corrected chi connectivity index (χ2v) is 6.69. The molecule has 0 atom stereocenters. The third-order valence-electron chi connectivity index (χ3n) is 3.59. The van der Waals surface area contributed by atoms with Gasteiger partial charge in [-0.15, -0.1) is 10.2 Å². The lowest BCUT2D eigenvalue weighted by atomic mass is 10.1. The van der Waals surface area contributed by atoms with Gasteiger partial charge in [-0.2, -0.15) is 0 Å². The molecule has 3 rings (SSSR count). The Hall–Kier alpha value is -3.20. The number of thioether (sulfide) groups is 1. The summed E-state index contributed by atoms with van der Waals surface area (Å²) in [5, 5.41) is 21.6. The molecule has 0 aliphatic rings. The molecule has 1 aromatic heterocycles. The Labute approximate surface area is 159 Å². The molecule has 0 aliphatic heterocycles. The van der Waals surface area contributed by atoms with Crippen LogP contribution in [0.3, 0.4) is 0 Å². The van der Waals surface area contributed by atoms with Crippen LogP contribution >= 0.6 is 11.8 Å². The van der Waals surface area contributed by atoms with Crippen LogP contribution in [-0.4, -0.2) is 26.8 Å². The smallest absolute Gasteiger partial charge is 0.277 e. The van der Waals surface area contributed by atoms with Gasteiger partial charge in [-0.3, -0.25) is 14.9 Å². The highest BCUT2D eigenvalue weighted by Gasteiger charge is 2.12. The van der Waals surface area contributed by atoms with Gasteiger partial charge < -0.3 is 9.73 Å². The Bertz CT molecular complexity index is 956. The second kappa shape index (κ2) is 8.45.